The van der Waals surface area contributed by atoms with Crippen molar-refractivity contribution in [3.8, 4) is 0 Å². The van der Waals surface area contributed by atoms with Crippen molar-refractivity contribution in [1.82, 2.24) is 16.0 Å². The second-order valence-electron chi connectivity index (χ2n) is 9.78. The highest BCUT2D eigenvalue weighted by Crippen LogP contribution is 2.19. The van der Waals surface area contributed by atoms with Crippen molar-refractivity contribution in [3.63, 3.8) is 0 Å². The molecule has 0 saturated carbocycles. The van der Waals surface area contributed by atoms with Crippen molar-refractivity contribution >= 4 is 28.9 Å². The van der Waals surface area contributed by atoms with Crippen LogP contribution in [0.5, 0.6) is 0 Å². The van der Waals surface area contributed by atoms with E-state index in [4.69, 9.17) is 0 Å². The second kappa shape index (κ2) is 14.8. The highest BCUT2D eigenvalue weighted by Gasteiger charge is 2.25. The molecule has 1 heterocycles. The predicted octanol–water partition coefficient (Wildman–Crippen LogP) is 4.88. The van der Waals surface area contributed by atoms with Gasteiger partial charge in [-0.05, 0) is 41.5 Å². The fourth-order valence-corrected chi connectivity index (χ4v) is 4.31. The van der Waals surface area contributed by atoms with Crippen molar-refractivity contribution in [2.24, 2.45) is 5.92 Å². The number of carbonyl (C=O) groups is 3. The first-order chi connectivity index (χ1) is 18.0. The van der Waals surface area contributed by atoms with Crippen molar-refractivity contribution in [2.75, 3.05) is 13.1 Å². The highest BCUT2D eigenvalue weighted by molar-refractivity contribution is 6.20. The van der Waals surface area contributed by atoms with Crippen molar-refractivity contribution in [1.29, 1.82) is 0 Å². The molecule has 0 aliphatic carbocycles. The largest absolute Gasteiger partial charge is 0.354 e. The number of rotatable bonds is 3. The Balaban J connectivity index is 1.99. The number of allylic oxidation sites excluding steroid dienone is 2. The Morgan fingerprint density at radius 2 is 1.35 bits per heavy atom. The van der Waals surface area contributed by atoms with Crippen LogP contribution in [0.25, 0.3) is 11.1 Å². The van der Waals surface area contributed by atoms with E-state index in [9.17, 15) is 14.4 Å². The third-order valence-corrected chi connectivity index (χ3v) is 6.52. The summed E-state index contributed by atoms with van der Waals surface area (Å²) in [5, 5.41) is 9.01. The Labute approximate surface area is 220 Å². The van der Waals surface area contributed by atoms with Crippen LogP contribution in [0.2, 0.25) is 0 Å². The molecule has 0 spiro atoms. The van der Waals surface area contributed by atoms with Gasteiger partial charge in [-0.15, -0.1) is 0 Å². The van der Waals surface area contributed by atoms with E-state index in [1.165, 1.54) is 0 Å². The summed E-state index contributed by atoms with van der Waals surface area (Å²) < 4.78 is 0. The maximum atomic E-state index is 13.6. The molecule has 0 bridgehead atoms. The molecule has 3 N–H and O–H groups in total. The smallest absolute Gasteiger partial charge is 0.252 e. The first kappa shape index (κ1) is 27.9. The second-order valence-corrected chi connectivity index (χ2v) is 9.78. The Morgan fingerprint density at radius 1 is 0.730 bits per heavy atom. The average Bonchev–Trinajstić information content (AvgIpc) is 2.91. The molecule has 3 amide bonds. The molecule has 0 saturated heterocycles. The summed E-state index contributed by atoms with van der Waals surface area (Å²) in [6, 6.07) is 18.6. The fourth-order valence-electron chi connectivity index (χ4n) is 4.31. The average molecular weight is 502 g/mol. The van der Waals surface area contributed by atoms with Gasteiger partial charge in [-0.1, -0.05) is 99.8 Å². The Morgan fingerprint density at radius 3 is 2.03 bits per heavy atom. The monoisotopic (exact) mass is 501 g/mol. The summed E-state index contributed by atoms with van der Waals surface area (Å²) in [5.41, 5.74) is 3.07. The van der Waals surface area contributed by atoms with Crippen LogP contribution in [0.15, 0.2) is 72.8 Å². The van der Waals surface area contributed by atoms with Gasteiger partial charge in [0.05, 0.1) is 0 Å². The molecule has 2 aromatic rings. The van der Waals surface area contributed by atoms with Gasteiger partial charge in [-0.2, -0.15) is 0 Å². The van der Waals surface area contributed by atoms with Crippen LogP contribution in [0.3, 0.4) is 0 Å². The zero-order valence-electron chi connectivity index (χ0n) is 22.0. The topological polar surface area (TPSA) is 87.3 Å². The Bertz CT molecular complexity index is 1090. The highest BCUT2D eigenvalue weighted by atomic mass is 16.2. The molecular weight excluding hydrogens is 462 g/mol. The lowest BCUT2D eigenvalue weighted by Crippen LogP contribution is -2.50. The van der Waals surface area contributed by atoms with Gasteiger partial charge in [0.15, 0.2) is 0 Å². The van der Waals surface area contributed by atoms with E-state index in [1.807, 2.05) is 80.6 Å². The SMILES string of the molecule is CC(C)[C@@H]1NC(=O)/C(c2ccccc2)=C/C=C(/c2ccccc2)CNC(=O)CCCCCCCNC1=O. The molecule has 1 atom stereocenters. The molecule has 1 aliphatic rings. The Kier molecular flexibility index (Phi) is 11.2. The summed E-state index contributed by atoms with van der Waals surface area (Å²) >= 11 is 0. The molecule has 3 rings (SSSR count). The first-order valence-electron chi connectivity index (χ1n) is 13.3. The molecule has 0 unspecified atom stereocenters. The predicted molar refractivity (Wildman–Crippen MR) is 149 cm³/mol. The van der Waals surface area contributed by atoms with E-state index < -0.39 is 6.04 Å². The van der Waals surface area contributed by atoms with E-state index in [1.54, 1.807) is 6.08 Å². The van der Waals surface area contributed by atoms with Crippen LogP contribution in [0, 0.1) is 5.92 Å². The lowest BCUT2D eigenvalue weighted by Gasteiger charge is -2.22. The molecule has 0 radical (unpaired) electrons. The summed E-state index contributed by atoms with van der Waals surface area (Å²) in [7, 11) is 0. The van der Waals surface area contributed by atoms with E-state index in [0.29, 0.717) is 25.1 Å². The maximum Gasteiger partial charge on any atom is 0.252 e. The van der Waals surface area contributed by atoms with Gasteiger partial charge in [-0.25, -0.2) is 0 Å². The van der Waals surface area contributed by atoms with Gasteiger partial charge in [0.2, 0.25) is 11.8 Å². The lowest BCUT2D eigenvalue weighted by atomic mass is 9.99. The first-order valence-corrected chi connectivity index (χ1v) is 13.3. The van der Waals surface area contributed by atoms with Crippen molar-refractivity contribution < 1.29 is 14.4 Å². The van der Waals surface area contributed by atoms with Gasteiger partial charge < -0.3 is 16.0 Å². The summed E-state index contributed by atoms with van der Waals surface area (Å²) in [5.74, 6) is -0.521. The third kappa shape index (κ3) is 9.05. The number of benzene rings is 2. The molecule has 2 aromatic carbocycles. The summed E-state index contributed by atoms with van der Waals surface area (Å²) in [6.45, 7) is 4.80. The van der Waals surface area contributed by atoms with Crippen LogP contribution >= 0.6 is 0 Å². The van der Waals surface area contributed by atoms with Gasteiger partial charge in [0, 0.05) is 25.1 Å². The molecule has 1 aliphatic heterocycles. The van der Waals surface area contributed by atoms with E-state index in [-0.39, 0.29) is 23.6 Å². The lowest BCUT2D eigenvalue weighted by molar-refractivity contribution is -0.127. The zero-order valence-corrected chi connectivity index (χ0v) is 22.0. The van der Waals surface area contributed by atoms with Gasteiger partial charge >= 0.3 is 0 Å². The number of amides is 3. The third-order valence-electron chi connectivity index (χ3n) is 6.52. The van der Waals surface area contributed by atoms with Crippen molar-refractivity contribution in [2.45, 2.75) is 58.4 Å². The number of hydrogen-bond acceptors (Lipinski definition) is 3. The summed E-state index contributed by atoms with van der Waals surface area (Å²) in [6.07, 6.45) is 8.86. The normalized spacial score (nSPS) is 22.1. The van der Waals surface area contributed by atoms with Crippen molar-refractivity contribution in [3.05, 3.63) is 83.9 Å². The van der Waals surface area contributed by atoms with Gasteiger partial charge in [0.1, 0.15) is 6.04 Å². The molecule has 0 aromatic heterocycles. The minimum atomic E-state index is -0.640. The van der Waals surface area contributed by atoms with E-state index in [0.717, 1.165) is 48.8 Å². The quantitative estimate of drug-likeness (QED) is 0.560. The van der Waals surface area contributed by atoms with Gasteiger partial charge in [-0.3, -0.25) is 14.4 Å². The maximum absolute atomic E-state index is 13.6. The van der Waals surface area contributed by atoms with E-state index >= 15 is 0 Å². The molecule has 6 nitrogen and oxygen atoms in total. The van der Waals surface area contributed by atoms with Crippen LogP contribution < -0.4 is 16.0 Å². The molecule has 196 valence electrons. The number of carbonyl (C=O) groups excluding carboxylic acids is 3. The Hall–Kier alpha value is -3.67. The minimum Gasteiger partial charge on any atom is -0.354 e. The molecule has 37 heavy (non-hydrogen) atoms. The van der Waals surface area contributed by atoms with Gasteiger partial charge in [0.25, 0.3) is 5.91 Å². The van der Waals surface area contributed by atoms with Crippen LogP contribution in [0.1, 0.15) is 63.5 Å². The molecular formula is C31H39N3O3. The standard InChI is InChI=1S/C31H39N3O3/c1-23(2)29-31(37)32-21-13-5-3-4-12-18-28(35)33-22-26(24-14-8-6-9-15-24)19-20-27(30(36)34-29)25-16-10-7-11-17-25/h6-11,14-17,19-20,23,29H,3-5,12-13,18,21-22H2,1-2H3,(H,32,37)(H,33,35)(H,34,36)/b26-19+,27-20+/t29-/m0/s1. The number of hydrogen-bond donors (Lipinski definition) is 3. The fraction of sp³-hybridized carbons (Fsp3) is 0.387. The number of nitrogens with one attached hydrogen (secondary N) is 3. The zero-order chi connectivity index (χ0) is 26.5. The molecule has 6 heteroatoms. The van der Waals surface area contributed by atoms with Crippen LogP contribution in [-0.4, -0.2) is 36.9 Å². The van der Waals surface area contributed by atoms with Crippen LogP contribution in [-0.2, 0) is 14.4 Å². The van der Waals surface area contributed by atoms with E-state index in [2.05, 4.69) is 16.0 Å². The molecule has 0 fully saturated rings. The minimum absolute atomic E-state index is 0.0248. The van der Waals surface area contributed by atoms with Crippen LogP contribution in [0.4, 0.5) is 0 Å². The summed E-state index contributed by atoms with van der Waals surface area (Å²) in [4.78, 5) is 39.0.